The van der Waals surface area contributed by atoms with Crippen LogP contribution in [0.4, 0.5) is 13.2 Å². The number of carbonyl (C=O) groups excluding carboxylic acids is 1. The van der Waals surface area contributed by atoms with Gasteiger partial charge in [-0.2, -0.15) is 13.2 Å². The summed E-state index contributed by atoms with van der Waals surface area (Å²) < 4.78 is 42.1. The maximum absolute atomic E-state index is 12.1. The molecule has 0 radical (unpaired) electrons. The van der Waals surface area contributed by atoms with Gasteiger partial charge in [-0.25, -0.2) is 0 Å². The van der Waals surface area contributed by atoms with E-state index in [1.54, 1.807) is 12.1 Å². The number of Topliss-reactive ketones (excluding diaryl/α,β-unsaturated/α-hetero) is 1. The average molecular weight is 313 g/mol. The molecule has 6 heteroatoms. The number of fused-ring (bicyclic) bond motifs is 2. The fourth-order valence-electron chi connectivity index (χ4n) is 3.10. The molecule has 1 N–H and O–H groups in total. The van der Waals surface area contributed by atoms with E-state index in [2.05, 4.69) is 5.32 Å². The van der Waals surface area contributed by atoms with Gasteiger partial charge in [0.05, 0.1) is 18.6 Å². The smallest absolute Gasteiger partial charge is 0.367 e. The van der Waals surface area contributed by atoms with E-state index in [0.29, 0.717) is 6.04 Å². The fraction of sp³-hybridized carbons (Fsp3) is 0.562. The van der Waals surface area contributed by atoms with Crippen LogP contribution in [-0.4, -0.2) is 30.7 Å². The van der Waals surface area contributed by atoms with Crippen molar-refractivity contribution < 1.29 is 22.7 Å². The highest BCUT2D eigenvalue weighted by atomic mass is 19.4. The number of morpholine rings is 1. The van der Waals surface area contributed by atoms with E-state index in [1.807, 2.05) is 12.1 Å². The molecule has 3 nitrogen and oxygen atoms in total. The molecule has 0 spiro atoms. The SMILES string of the molecule is O=C(CCC(F)(F)F)Cc1ccc([C@H]2O[C@@H]3CN[C@H]2C3)cc1. The molecule has 1 aromatic carbocycles. The Morgan fingerprint density at radius 3 is 2.55 bits per heavy atom. The number of halogens is 3. The topological polar surface area (TPSA) is 38.3 Å². The van der Waals surface area contributed by atoms with Gasteiger partial charge in [0.2, 0.25) is 0 Å². The molecule has 2 aliphatic rings. The first kappa shape index (κ1) is 15.5. The van der Waals surface area contributed by atoms with Crippen molar-refractivity contribution in [3.8, 4) is 0 Å². The molecule has 0 aliphatic carbocycles. The van der Waals surface area contributed by atoms with Gasteiger partial charge >= 0.3 is 6.18 Å². The largest absolute Gasteiger partial charge is 0.389 e. The number of rotatable bonds is 5. The third kappa shape index (κ3) is 3.67. The van der Waals surface area contributed by atoms with Crippen molar-refractivity contribution in [2.24, 2.45) is 0 Å². The zero-order chi connectivity index (χ0) is 15.7. The van der Waals surface area contributed by atoms with E-state index >= 15 is 0 Å². The lowest BCUT2D eigenvalue weighted by atomic mass is 9.99. The van der Waals surface area contributed by atoms with Crippen molar-refractivity contribution in [1.82, 2.24) is 5.32 Å². The van der Waals surface area contributed by atoms with Crippen LogP contribution in [0.1, 0.15) is 36.5 Å². The number of ketones is 1. The summed E-state index contributed by atoms with van der Waals surface area (Å²) in [5.41, 5.74) is 1.79. The first-order valence-electron chi connectivity index (χ1n) is 7.47. The monoisotopic (exact) mass is 313 g/mol. The lowest BCUT2D eigenvalue weighted by Gasteiger charge is -2.23. The van der Waals surface area contributed by atoms with Crippen molar-refractivity contribution in [1.29, 1.82) is 0 Å². The maximum Gasteiger partial charge on any atom is 0.389 e. The molecule has 0 aromatic heterocycles. The van der Waals surface area contributed by atoms with Crippen molar-refractivity contribution in [2.75, 3.05) is 6.54 Å². The van der Waals surface area contributed by atoms with Gasteiger partial charge in [-0.15, -0.1) is 0 Å². The zero-order valence-electron chi connectivity index (χ0n) is 12.0. The molecule has 3 rings (SSSR count). The summed E-state index contributed by atoms with van der Waals surface area (Å²) in [6.45, 7) is 0.896. The summed E-state index contributed by atoms with van der Waals surface area (Å²) in [6.07, 6.45) is -4.40. The molecule has 2 aliphatic heterocycles. The second kappa shape index (κ2) is 6.01. The second-order valence-corrected chi connectivity index (χ2v) is 6.00. The molecule has 2 heterocycles. The summed E-state index contributed by atoms with van der Waals surface area (Å²) >= 11 is 0. The predicted molar refractivity (Wildman–Crippen MR) is 74.5 cm³/mol. The van der Waals surface area contributed by atoms with E-state index in [-0.39, 0.29) is 24.4 Å². The lowest BCUT2D eigenvalue weighted by molar-refractivity contribution is -0.143. The summed E-state index contributed by atoms with van der Waals surface area (Å²) in [5.74, 6) is -0.386. The maximum atomic E-state index is 12.1. The van der Waals surface area contributed by atoms with Crippen LogP contribution in [0.3, 0.4) is 0 Å². The first-order chi connectivity index (χ1) is 10.4. The third-order valence-electron chi connectivity index (χ3n) is 4.23. The van der Waals surface area contributed by atoms with Crippen LogP contribution in [0, 0.1) is 0 Å². The summed E-state index contributed by atoms with van der Waals surface area (Å²) in [7, 11) is 0. The molecule has 3 atom stereocenters. The number of hydrogen-bond donors (Lipinski definition) is 1. The molecule has 2 saturated heterocycles. The Balaban J connectivity index is 1.54. The molecule has 0 amide bonds. The Hall–Kier alpha value is -1.40. The zero-order valence-corrected chi connectivity index (χ0v) is 12.0. The molecule has 0 saturated carbocycles. The van der Waals surface area contributed by atoms with Crippen LogP contribution in [0.15, 0.2) is 24.3 Å². The van der Waals surface area contributed by atoms with Crippen LogP contribution >= 0.6 is 0 Å². The summed E-state index contributed by atoms with van der Waals surface area (Å²) in [5, 5.41) is 3.40. The average Bonchev–Trinajstić information content (AvgIpc) is 3.08. The van der Waals surface area contributed by atoms with Crippen LogP contribution < -0.4 is 5.32 Å². The third-order valence-corrected chi connectivity index (χ3v) is 4.23. The quantitative estimate of drug-likeness (QED) is 0.908. The highest BCUT2D eigenvalue weighted by Gasteiger charge is 2.41. The Morgan fingerprint density at radius 1 is 1.27 bits per heavy atom. The molecule has 0 unspecified atom stereocenters. The molecule has 1 aromatic rings. The van der Waals surface area contributed by atoms with Gasteiger partial charge in [-0.1, -0.05) is 24.3 Å². The van der Waals surface area contributed by atoms with Crippen molar-refractivity contribution >= 4 is 5.78 Å². The van der Waals surface area contributed by atoms with Gasteiger partial charge in [-0.05, 0) is 17.5 Å². The lowest BCUT2D eigenvalue weighted by Crippen LogP contribution is -2.33. The first-order valence-corrected chi connectivity index (χ1v) is 7.47. The standard InChI is InChI=1S/C16H18F3NO2/c17-16(18,19)6-5-12(21)7-10-1-3-11(4-2-10)15-14-8-13(22-15)9-20-14/h1-4,13-15,20H,5-9H2/t13-,14-,15+/m0/s1. The van der Waals surface area contributed by atoms with E-state index in [9.17, 15) is 18.0 Å². The number of nitrogens with one attached hydrogen (secondary N) is 1. The Labute approximate surface area is 126 Å². The van der Waals surface area contributed by atoms with Crippen LogP contribution in [0.5, 0.6) is 0 Å². The molecule has 2 fully saturated rings. The Morgan fingerprint density at radius 2 is 2.00 bits per heavy atom. The summed E-state index contributed by atoms with van der Waals surface area (Å²) in [6, 6.07) is 7.75. The molecule has 120 valence electrons. The van der Waals surface area contributed by atoms with Crippen LogP contribution in [-0.2, 0) is 16.0 Å². The number of carbonyl (C=O) groups is 1. The minimum absolute atomic E-state index is 0.0359. The minimum Gasteiger partial charge on any atom is -0.367 e. The fourth-order valence-corrected chi connectivity index (χ4v) is 3.10. The van der Waals surface area contributed by atoms with Crippen LogP contribution in [0.2, 0.25) is 0 Å². The van der Waals surface area contributed by atoms with E-state index in [1.165, 1.54) is 0 Å². The predicted octanol–water partition coefficient (Wildman–Crippen LogP) is 2.94. The van der Waals surface area contributed by atoms with Gasteiger partial charge in [-0.3, -0.25) is 4.79 Å². The van der Waals surface area contributed by atoms with E-state index in [0.717, 1.165) is 24.1 Å². The summed E-state index contributed by atoms with van der Waals surface area (Å²) in [4.78, 5) is 11.6. The highest BCUT2D eigenvalue weighted by Crippen LogP contribution is 2.36. The number of alkyl halides is 3. The molecular weight excluding hydrogens is 295 g/mol. The van der Waals surface area contributed by atoms with Gasteiger partial charge in [0.25, 0.3) is 0 Å². The Kier molecular flexibility index (Phi) is 4.23. The van der Waals surface area contributed by atoms with Crippen LogP contribution in [0.25, 0.3) is 0 Å². The van der Waals surface area contributed by atoms with Crippen molar-refractivity contribution in [2.45, 2.75) is 50.1 Å². The van der Waals surface area contributed by atoms with E-state index < -0.39 is 19.0 Å². The van der Waals surface area contributed by atoms with Crippen molar-refractivity contribution in [3.05, 3.63) is 35.4 Å². The van der Waals surface area contributed by atoms with Gasteiger partial charge in [0.1, 0.15) is 5.78 Å². The van der Waals surface area contributed by atoms with Gasteiger partial charge < -0.3 is 10.1 Å². The minimum atomic E-state index is -4.27. The highest BCUT2D eigenvalue weighted by molar-refractivity contribution is 5.80. The molecule has 22 heavy (non-hydrogen) atoms. The number of hydrogen-bond acceptors (Lipinski definition) is 3. The second-order valence-electron chi connectivity index (χ2n) is 6.00. The molecule has 2 bridgehead atoms. The van der Waals surface area contributed by atoms with Crippen molar-refractivity contribution in [3.63, 3.8) is 0 Å². The van der Waals surface area contributed by atoms with Gasteiger partial charge in [0.15, 0.2) is 0 Å². The van der Waals surface area contributed by atoms with Gasteiger partial charge in [0, 0.05) is 25.4 Å². The number of benzene rings is 1. The Bertz CT molecular complexity index is 541. The normalized spacial score (nSPS) is 27.3. The van der Waals surface area contributed by atoms with E-state index in [4.69, 9.17) is 4.74 Å². The molecular formula is C16H18F3NO2. The number of ether oxygens (including phenoxy) is 1.